The number of carbonyl (C=O) groups excluding carboxylic acids is 1. The number of halogens is 1. The third kappa shape index (κ3) is 3.76. The van der Waals surface area contributed by atoms with E-state index in [-0.39, 0.29) is 23.6 Å². The van der Waals surface area contributed by atoms with Crippen LogP contribution in [0, 0.1) is 5.82 Å². The quantitative estimate of drug-likeness (QED) is 0.780. The predicted octanol–water partition coefficient (Wildman–Crippen LogP) is 1.66. The van der Waals surface area contributed by atoms with Gasteiger partial charge in [-0.05, 0) is 12.1 Å². The van der Waals surface area contributed by atoms with E-state index in [0.717, 1.165) is 6.07 Å². The van der Waals surface area contributed by atoms with Gasteiger partial charge in [-0.25, -0.2) is 14.2 Å². The van der Waals surface area contributed by atoms with Crippen molar-refractivity contribution < 1.29 is 24.2 Å². The van der Waals surface area contributed by atoms with E-state index in [1.807, 2.05) is 0 Å². The van der Waals surface area contributed by atoms with Crippen LogP contribution in [0.1, 0.15) is 25.9 Å². The average molecular weight is 310 g/mol. The Bertz CT molecular complexity index is 687. The van der Waals surface area contributed by atoms with Crippen molar-refractivity contribution in [3.63, 3.8) is 0 Å². The van der Waals surface area contributed by atoms with Crippen molar-refractivity contribution in [1.82, 2.24) is 10.3 Å². The lowest BCUT2D eigenvalue weighted by molar-refractivity contribution is 0.0690. The fraction of sp³-hybridized carbons (Fsp3) is 0.154. The average Bonchev–Trinajstić information content (AvgIpc) is 2.87. The van der Waals surface area contributed by atoms with Gasteiger partial charge in [0.25, 0.3) is 5.91 Å². The molecule has 0 radical (unpaired) electrons. The molecule has 1 amide bonds. The van der Waals surface area contributed by atoms with Crippen LogP contribution in [0.3, 0.4) is 0 Å². The first kappa shape index (κ1) is 14.9. The number of aromatic nitrogens is 1. The van der Waals surface area contributed by atoms with Crippen molar-refractivity contribution in [2.75, 3.05) is 6.54 Å². The predicted molar refractivity (Wildman–Crippen MR) is 73.2 cm³/mol. The minimum Gasteiger partial charge on any atom is -0.508 e. The van der Waals surface area contributed by atoms with E-state index in [0.29, 0.717) is 11.4 Å². The molecule has 110 valence electrons. The van der Waals surface area contributed by atoms with E-state index in [4.69, 9.17) is 10.2 Å². The zero-order valence-corrected chi connectivity index (χ0v) is 11.5. The number of rotatable bonds is 5. The highest BCUT2D eigenvalue weighted by molar-refractivity contribution is 7.09. The Morgan fingerprint density at radius 1 is 1.38 bits per heavy atom. The summed E-state index contributed by atoms with van der Waals surface area (Å²) in [5.41, 5.74) is -0.205. The van der Waals surface area contributed by atoms with Gasteiger partial charge in [-0.2, -0.15) is 0 Å². The highest BCUT2D eigenvalue weighted by atomic mass is 32.1. The van der Waals surface area contributed by atoms with E-state index in [1.54, 1.807) is 0 Å². The van der Waals surface area contributed by atoms with E-state index in [9.17, 15) is 14.0 Å². The summed E-state index contributed by atoms with van der Waals surface area (Å²) >= 11 is 1.18. The van der Waals surface area contributed by atoms with Gasteiger partial charge in [0, 0.05) is 24.4 Å². The molecule has 1 heterocycles. The highest BCUT2D eigenvalue weighted by Gasteiger charge is 2.12. The summed E-state index contributed by atoms with van der Waals surface area (Å²) in [5, 5.41) is 22.3. The van der Waals surface area contributed by atoms with Crippen molar-refractivity contribution in [2.24, 2.45) is 0 Å². The van der Waals surface area contributed by atoms with Gasteiger partial charge in [-0.3, -0.25) is 4.79 Å². The summed E-state index contributed by atoms with van der Waals surface area (Å²) in [4.78, 5) is 26.3. The van der Waals surface area contributed by atoms with E-state index in [2.05, 4.69) is 10.3 Å². The molecule has 21 heavy (non-hydrogen) atoms. The molecule has 8 heteroatoms. The largest absolute Gasteiger partial charge is 0.508 e. The molecule has 0 aliphatic carbocycles. The van der Waals surface area contributed by atoms with Gasteiger partial charge < -0.3 is 15.5 Å². The van der Waals surface area contributed by atoms with Gasteiger partial charge in [0.15, 0.2) is 5.69 Å². The Morgan fingerprint density at radius 2 is 2.14 bits per heavy atom. The van der Waals surface area contributed by atoms with Crippen molar-refractivity contribution in [2.45, 2.75) is 6.42 Å². The zero-order valence-electron chi connectivity index (χ0n) is 10.7. The van der Waals surface area contributed by atoms with Crippen molar-refractivity contribution in [1.29, 1.82) is 0 Å². The number of thiazole rings is 1. The van der Waals surface area contributed by atoms with Crippen LogP contribution in [0.5, 0.6) is 5.75 Å². The molecule has 2 rings (SSSR count). The molecule has 0 saturated heterocycles. The van der Waals surface area contributed by atoms with E-state index < -0.39 is 17.7 Å². The summed E-state index contributed by atoms with van der Waals surface area (Å²) in [6, 6.07) is 3.26. The maximum absolute atomic E-state index is 13.4. The number of carbonyl (C=O) groups is 2. The summed E-state index contributed by atoms with van der Waals surface area (Å²) in [6.45, 7) is 0.200. The summed E-state index contributed by atoms with van der Waals surface area (Å²) in [6.07, 6.45) is 0.351. The number of benzene rings is 1. The van der Waals surface area contributed by atoms with Crippen LogP contribution >= 0.6 is 11.3 Å². The molecule has 0 saturated carbocycles. The molecular weight excluding hydrogens is 299 g/mol. The van der Waals surface area contributed by atoms with Gasteiger partial charge in [-0.1, -0.05) is 0 Å². The Balaban J connectivity index is 1.90. The molecule has 0 fully saturated rings. The minimum atomic E-state index is -1.10. The fourth-order valence-electron chi connectivity index (χ4n) is 1.59. The van der Waals surface area contributed by atoms with Crippen molar-refractivity contribution in [3.8, 4) is 5.75 Å². The van der Waals surface area contributed by atoms with E-state index in [1.165, 1.54) is 28.8 Å². The molecule has 2 aromatic rings. The van der Waals surface area contributed by atoms with Crippen LogP contribution in [-0.4, -0.2) is 33.6 Å². The van der Waals surface area contributed by atoms with E-state index >= 15 is 0 Å². The van der Waals surface area contributed by atoms with Gasteiger partial charge in [0.05, 0.1) is 10.6 Å². The molecule has 0 unspecified atom stereocenters. The lowest BCUT2D eigenvalue weighted by Crippen LogP contribution is -2.26. The number of aromatic carboxylic acids is 1. The number of phenolic OH excluding ortho intramolecular Hbond substituents is 1. The van der Waals surface area contributed by atoms with Gasteiger partial charge in [0.1, 0.15) is 11.6 Å². The summed E-state index contributed by atoms with van der Waals surface area (Å²) < 4.78 is 13.4. The first-order chi connectivity index (χ1) is 9.97. The van der Waals surface area contributed by atoms with Crippen molar-refractivity contribution in [3.05, 3.63) is 45.7 Å². The molecule has 0 aliphatic rings. The Kier molecular flexibility index (Phi) is 4.49. The normalized spacial score (nSPS) is 10.3. The SMILES string of the molecule is O=C(O)c1csc(CCNC(=O)c2ccc(O)cc2F)n1. The summed E-state index contributed by atoms with van der Waals surface area (Å²) in [5.74, 6) is -2.78. The van der Waals surface area contributed by atoms with Crippen LogP contribution in [0.2, 0.25) is 0 Å². The number of carboxylic acids is 1. The first-order valence-corrected chi connectivity index (χ1v) is 6.79. The Morgan fingerprint density at radius 3 is 2.76 bits per heavy atom. The van der Waals surface area contributed by atoms with Crippen LogP contribution in [-0.2, 0) is 6.42 Å². The smallest absolute Gasteiger partial charge is 0.355 e. The fourth-order valence-corrected chi connectivity index (χ4v) is 2.36. The molecule has 6 nitrogen and oxygen atoms in total. The summed E-state index contributed by atoms with van der Waals surface area (Å²) in [7, 11) is 0. The standard InChI is InChI=1S/C13H11FN2O4S/c14-9-5-7(17)1-2-8(9)12(18)15-4-3-11-16-10(6-21-11)13(19)20/h1-2,5-6,17H,3-4H2,(H,15,18)(H,19,20). The molecule has 3 N–H and O–H groups in total. The zero-order chi connectivity index (χ0) is 15.4. The van der Waals surface area contributed by atoms with Crippen LogP contribution < -0.4 is 5.32 Å². The van der Waals surface area contributed by atoms with Crippen LogP contribution in [0.25, 0.3) is 0 Å². The molecule has 1 aromatic carbocycles. The number of hydrogen-bond donors (Lipinski definition) is 3. The number of hydrogen-bond acceptors (Lipinski definition) is 5. The van der Waals surface area contributed by atoms with Gasteiger partial charge in [-0.15, -0.1) is 11.3 Å². The number of nitrogens with one attached hydrogen (secondary N) is 1. The Hall–Kier alpha value is -2.48. The highest BCUT2D eigenvalue weighted by Crippen LogP contribution is 2.15. The topological polar surface area (TPSA) is 99.5 Å². The molecule has 0 atom stereocenters. The number of amides is 1. The third-order valence-electron chi connectivity index (χ3n) is 2.59. The van der Waals surface area contributed by atoms with Crippen LogP contribution in [0.4, 0.5) is 4.39 Å². The molecule has 0 bridgehead atoms. The van der Waals surface area contributed by atoms with Gasteiger partial charge >= 0.3 is 5.97 Å². The first-order valence-electron chi connectivity index (χ1n) is 5.92. The molecule has 0 spiro atoms. The second-order valence-corrected chi connectivity index (χ2v) is 5.04. The lowest BCUT2D eigenvalue weighted by atomic mass is 10.2. The molecule has 0 aliphatic heterocycles. The Labute approximate surface area is 122 Å². The van der Waals surface area contributed by atoms with Gasteiger partial charge in [0.2, 0.25) is 0 Å². The minimum absolute atomic E-state index is 0.0362. The number of carboxylic acid groups (broad SMARTS) is 1. The van der Waals surface area contributed by atoms with Crippen molar-refractivity contribution >= 4 is 23.2 Å². The number of aromatic hydroxyl groups is 1. The maximum atomic E-state index is 13.4. The third-order valence-corrected chi connectivity index (χ3v) is 3.50. The van der Waals surface area contributed by atoms with Crippen LogP contribution in [0.15, 0.2) is 23.6 Å². The molecular formula is C13H11FN2O4S. The monoisotopic (exact) mass is 310 g/mol. The number of phenols is 1. The number of nitrogens with zero attached hydrogens (tertiary/aromatic N) is 1. The lowest BCUT2D eigenvalue weighted by Gasteiger charge is -2.05. The second kappa shape index (κ2) is 6.31. The second-order valence-electron chi connectivity index (χ2n) is 4.10. The maximum Gasteiger partial charge on any atom is 0.355 e. The molecule has 1 aromatic heterocycles.